The van der Waals surface area contributed by atoms with Crippen LogP contribution in [0.2, 0.25) is 0 Å². The third kappa shape index (κ3) is 4.99. The third-order valence-corrected chi connectivity index (χ3v) is 4.87. The third-order valence-electron chi connectivity index (χ3n) is 3.75. The van der Waals surface area contributed by atoms with Crippen molar-refractivity contribution in [2.75, 3.05) is 18.0 Å². The minimum Gasteiger partial charge on any atom is -0.477 e. The predicted molar refractivity (Wildman–Crippen MR) is 89.8 cm³/mol. The van der Waals surface area contributed by atoms with Crippen LogP contribution in [-0.2, 0) is 0 Å². The number of aromatic nitrogens is 1. The number of rotatable bonds is 10. The van der Waals surface area contributed by atoms with Crippen molar-refractivity contribution in [1.29, 1.82) is 0 Å². The molecule has 0 aliphatic heterocycles. The summed E-state index contributed by atoms with van der Waals surface area (Å²) in [5.74, 6) is -0.653. The van der Waals surface area contributed by atoms with E-state index in [1.807, 2.05) is 6.92 Å². The first-order valence-corrected chi connectivity index (χ1v) is 8.85. The van der Waals surface area contributed by atoms with Gasteiger partial charge in [-0.25, -0.2) is 9.78 Å². The second-order valence-electron chi connectivity index (χ2n) is 5.52. The SMILES string of the molecule is CCCCN(CCCC)c1nc(C(C)CC)c(C(=O)O)s1. The van der Waals surface area contributed by atoms with Gasteiger partial charge in [0, 0.05) is 13.1 Å². The highest BCUT2D eigenvalue weighted by Gasteiger charge is 2.23. The number of unbranched alkanes of at least 4 members (excludes halogenated alkanes) is 2. The van der Waals surface area contributed by atoms with E-state index in [0.717, 1.165) is 56.0 Å². The van der Waals surface area contributed by atoms with Crippen molar-refractivity contribution in [1.82, 2.24) is 4.98 Å². The van der Waals surface area contributed by atoms with E-state index in [2.05, 4.69) is 30.7 Å². The number of hydrogen-bond acceptors (Lipinski definition) is 4. The fourth-order valence-corrected chi connectivity index (χ4v) is 3.21. The van der Waals surface area contributed by atoms with Gasteiger partial charge in [0.05, 0.1) is 5.69 Å². The first kappa shape index (κ1) is 18.0. The molecule has 1 rings (SSSR count). The first-order chi connectivity index (χ1) is 10.0. The molecule has 120 valence electrons. The molecule has 0 aromatic carbocycles. The molecule has 1 aromatic heterocycles. The zero-order valence-electron chi connectivity index (χ0n) is 13.7. The lowest BCUT2D eigenvalue weighted by atomic mass is 10.0. The number of hydrogen-bond donors (Lipinski definition) is 1. The summed E-state index contributed by atoms with van der Waals surface area (Å²) in [6.45, 7) is 10.4. The quantitative estimate of drug-likeness (QED) is 0.676. The van der Waals surface area contributed by atoms with Crippen molar-refractivity contribution in [3.63, 3.8) is 0 Å². The Labute approximate surface area is 132 Å². The highest BCUT2D eigenvalue weighted by atomic mass is 32.1. The zero-order valence-corrected chi connectivity index (χ0v) is 14.5. The molecule has 0 spiro atoms. The van der Waals surface area contributed by atoms with Gasteiger partial charge in [0.15, 0.2) is 5.13 Å². The van der Waals surface area contributed by atoms with Gasteiger partial charge in [-0.15, -0.1) is 0 Å². The molecular weight excluding hydrogens is 284 g/mol. The highest BCUT2D eigenvalue weighted by molar-refractivity contribution is 7.17. The van der Waals surface area contributed by atoms with E-state index in [9.17, 15) is 9.90 Å². The molecule has 1 N–H and O–H groups in total. The monoisotopic (exact) mass is 312 g/mol. The van der Waals surface area contributed by atoms with Crippen molar-refractivity contribution in [2.24, 2.45) is 0 Å². The highest BCUT2D eigenvalue weighted by Crippen LogP contribution is 2.32. The summed E-state index contributed by atoms with van der Waals surface area (Å²) in [6, 6.07) is 0. The Morgan fingerprint density at radius 3 is 2.24 bits per heavy atom. The molecule has 0 saturated heterocycles. The van der Waals surface area contributed by atoms with Gasteiger partial charge in [-0.1, -0.05) is 51.9 Å². The van der Waals surface area contributed by atoms with Crippen LogP contribution in [-0.4, -0.2) is 29.1 Å². The number of aromatic carboxylic acids is 1. The molecule has 0 bridgehead atoms. The maximum absolute atomic E-state index is 11.5. The molecule has 0 radical (unpaired) electrons. The Bertz CT molecular complexity index is 437. The molecule has 4 nitrogen and oxygen atoms in total. The van der Waals surface area contributed by atoms with E-state index in [0.29, 0.717) is 4.88 Å². The van der Waals surface area contributed by atoms with E-state index in [1.54, 1.807) is 0 Å². The van der Waals surface area contributed by atoms with Crippen LogP contribution in [0.4, 0.5) is 5.13 Å². The molecule has 1 aromatic rings. The summed E-state index contributed by atoms with van der Waals surface area (Å²) >= 11 is 1.34. The Morgan fingerprint density at radius 2 is 1.81 bits per heavy atom. The van der Waals surface area contributed by atoms with E-state index >= 15 is 0 Å². The molecule has 0 aliphatic rings. The topological polar surface area (TPSA) is 53.4 Å². The molecule has 0 saturated carbocycles. The maximum Gasteiger partial charge on any atom is 0.347 e. The van der Waals surface area contributed by atoms with Gasteiger partial charge >= 0.3 is 5.97 Å². The number of thiazole rings is 1. The zero-order chi connectivity index (χ0) is 15.8. The summed E-state index contributed by atoms with van der Waals surface area (Å²) in [5.41, 5.74) is 0.753. The number of carbonyl (C=O) groups is 1. The first-order valence-electron chi connectivity index (χ1n) is 8.03. The molecule has 1 unspecified atom stereocenters. The van der Waals surface area contributed by atoms with Crippen molar-refractivity contribution in [3.05, 3.63) is 10.6 Å². The van der Waals surface area contributed by atoms with E-state index < -0.39 is 5.97 Å². The second kappa shape index (κ2) is 9.03. The summed E-state index contributed by atoms with van der Waals surface area (Å²) < 4.78 is 0. The lowest BCUT2D eigenvalue weighted by Crippen LogP contribution is -2.25. The van der Waals surface area contributed by atoms with Gasteiger partial charge in [0.25, 0.3) is 0 Å². The van der Waals surface area contributed by atoms with Gasteiger partial charge in [0.1, 0.15) is 4.88 Å². The molecule has 5 heteroatoms. The van der Waals surface area contributed by atoms with Crippen LogP contribution < -0.4 is 4.90 Å². The van der Waals surface area contributed by atoms with E-state index in [1.165, 1.54) is 11.3 Å². The van der Waals surface area contributed by atoms with Crippen LogP contribution in [0.15, 0.2) is 0 Å². The van der Waals surface area contributed by atoms with Crippen molar-refractivity contribution in [3.8, 4) is 0 Å². The van der Waals surface area contributed by atoms with Gasteiger partial charge < -0.3 is 10.0 Å². The van der Waals surface area contributed by atoms with Gasteiger partial charge in [0.2, 0.25) is 0 Å². The Balaban J connectivity index is 3.03. The fourth-order valence-electron chi connectivity index (χ4n) is 2.14. The number of nitrogens with zero attached hydrogens (tertiary/aromatic N) is 2. The molecule has 21 heavy (non-hydrogen) atoms. The minimum absolute atomic E-state index is 0.195. The predicted octanol–water partition coefficient (Wildman–Crippen LogP) is 4.76. The second-order valence-corrected chi connectivity index (χ2v) is 6.50. The molecule has 1 heterocycles. The average Bonchev–Trinajstić information content (AvgIpc) is 2.92. The lowest BCUT2D eigenvalue weighted by molar-refractivity contribution is 0.0700. The average molecular weight is 312 g/mol. The number of carboxylic acids is 1. The van der Waals surface area contributed by atoms with Crippen molar-refractivity contribution >= 4 is 22.4 Å². The van der Waals surface area contributed by atoms with Crippen molar-refractivity contribution < 1.29 is 9.90 Å². The summed E-state index contributed by atoms with van der Waals surface area (Å²) in [7, 11) is 0. The lowest BCUT2D eigenvalue weighted by Gasteiger charge is -2.21. The van der Waals surface area contributed by atoms with E-state index in [-0.39, 0.29) is 5.92 Å². The van der Waals surface area contributed by atoms with Gasteiger partial charge in [-0.05, 0) is 25.2 Å². The van der Waals surface area contributed by atoms with Crippen LogP contribution in [0.3, 0.4) is 0 Å². The van der Waals surface area contributed by atoms with E-state index in [4.69, 9.17) is 0 Å². The van der Waals surface area contributed by atoms with Gasteiger partial charge in [-0.2, -0.15) is 0 Å². The van der Waals surface area contributed by atoms with Crippen LogP contribution in [0.1, 0.15) is 81.1 Å². The van der Waals surface area contributed by atoms with Crippen LogP contribution in [0.5, 0.6) is 0 Å². The van der Waals surface area contributed by atoms with Crippen molar-refractivity contribution in [2.45, 2.75) is 65.7 Å². The number of anilines is 1. The van der Waals surface area contributed by atoms with Gasteiger partial charge in [-0.3, -0.25) is 0 Å². The van der Waals surface area contributed by atoms with Crippen LogP contribution in [0, 0.1) is 0 Å². The number of carboxylic acid groups (broad SMARTS) is 1. The van der Waals surface area contributed by atoms with Crippen LogP contribution in [0.25, 0.3) is 0 Å². The smallest absolute Gasteiger partial charge is 0.347 e. The summed E-state index contributed by atoms with van der Waals surface area (Å²) in [4.78, 5) is 18.8. The Kier molecular flexibility index (Phi) is 7.72. The molecule has 0 aliphatic carbocycles. The fraction of sp³-hybridized carbons (Fsp3) is 0.750. The molecule has 0 amide bonds. The Morgan fingerprint density at radius 1 is 1.24 bits per heavy atom. The Hall–Kier alpha value is -1.10. The molecule has 1 atom stereocenters. The summed E-state index contributed by atoms with van der Waals surface area (Å²) in [5, 5.41) is 10.3. The standard InChI is InChI=1S/C16H28N2O2S/c1-5-8-10-18(11-9-6-2)16-17-13(12(4)7-3)14(21-16)15(19)20/h12H,5-11H2,1-4H3,(H,19,20). The largest absolute Gasteiger partial charge is 0.477 e. The normalized spacial score (nSPS) is 12.4. The molecule has 0 fully saturated rings. The van der Waals surface area contributed by atoms with Crippen LogP contribution >= 0.6 is 11.3 Å². The minimum atomic E-state index is -0.847. The summed E-state index contributed by atoms with van der Waals surface area (Å²) in [6.07, 6.45) is 5.41. The molecular formula is C16H28N2O2S. The maximum atomic E-state index is 11.5.